The minimum atomic E-state index is -3.16. The van der Waals surface area contributed by atoms with Crippen LogP contribution >= 0.6 is 0 Å². The van der Waals surface area contributed by atoms with Gasteiger partial charge in [-0.1, -0.05) is 12.1 Å². The molecule has 142 valence electrons. The third-order valence-corrected chi connectivity index (χ3v) is 6.08. The molecule has 0 unspecified atom stereocenters. The first-order valence-electron chi connectivity index (χ1n) is 8.85. The first-order chi connectivity index (χ1) is 12.5. The second-order valence-electron chi connectivity index (χ2n) is 6.53. The van der Waals surface area contributed by atoms with Crippen LogP contribution in [0.2, 0.25) is 0 Å². The first-order valence-corrected chi connectivity index (χ1v) is 10.5. The summed E-state index contributed by atoms with van der Waals surface area (Å²) in [6.45, 7) is 4.55. The summed E-state index contributed by atoms with van der Waals surface area (Å²) < 4.78 is 33.3. The van der Waals surface area contributed by atoms with Crippen molar-refractivity contribution in [3.8, 4) is 5.75 Å². The van der Waals surface area contributed by atoms with Gasteiger partial charge in [-0.15, -0.1) is 0 Å². The zero-order chi connectivity index (χ0) is 18.6. The van der Waals surface area contributed by atoms with Crippen LogP contribution in [0, 0.1) is 0 Å². The number of methoxy groups -OCH3 is 1. The summed E-state index contributed by atoms with van der Waals surface area (Å²) in [5.41, 5.74) is 2.35. The van der Waals surface area contributed by atoms with E-state index < -0.39 is 10.0 Å². The van der Waals surface area contributed by atoms with Gasteiger partial charge >= 0.3 is 0 Å². The maximum Gasteiger partial charge on any atom is 0.211 e. The van der Waals surface area contributed by atoms with Crippen molar-refractivity contribution in [1.82, 2.24) is 19.4 Å². The number of aromatic nitrogens is 2. The lowest BCUT2D eigenvalue weighted by Crippen LogP contribution is -2.39. The Balaban J connectivity index is 1.67. The van der Waals surface area contributed by atoms with Crippen LogP contribution in [0.5, 0.6) is 5.75 Å². The lowest BCUT2D eigenvalue weighted by molar-refractivity contribution is 0.162. The molecular weight excluding hydrogens is 352 g/mol. The van der Waals surface area contributed by atoms with E-state index in [4.69, 9.17) is 4.74 Å². The van der Waals surface area contributed by atoms with Gasteiger partial charge in [0.1, 0.15) is 5.75 Å². The highest BCUT2D eigenvalue weighted by atomic mass is 32.2. The van der Waals surface area contributed by atoms with Gasteiger partial charge in [0.15, 0.2) is 0 Å². The van der Waals surface area contributed by atoms with Crippen LogP contribution in [0.4, 0.5) is 0 Å². The molecule has 0 spiro atoms. The zero-order valence-electron chi connectivity index (χ0n) is 15.3. The largest absolute Gasteiger partial charge is 0.497 e. The Bertz CT molecular complexity index is 834. The molecule has 0 bridgehead atoms. The van der Waals surface area contributed by atoms with Crippen molar-refractivity contribution in [1.29, 1.82) is 0 Å². The molecule has 1 N–H and O–H groups in total. The van der Waals surface area contributed by atoms with Crippen LogP contribution in [0.25, 0.3) is 0 Å². The molecule has 0 saturated carbocycles. The van der Waals surface area contributed by atoms with Crippen molar-refractivity contribution in [2.75, 3.05) is 26.0 Å². The summed E-state index contributed by atoms with van der Waals surface area (Å²) in [6, 6.07) is 10.3. The molecule has 0 amide bonds. The van der Waals surface area contributed by atoms with Gasteiger partial charge in [0.25, 0.3) is 0 Å². The highest BCUT2D eigenvalue weighted by molar-refractivity contribution is 7.89. The third-order valence-electron chi connectivity index (χ3n) is 4.67. The molecule has 8 heteroatoms. The smallest absolute Gasteiger partial charge is 0.211 e. The molecule has 1 aromatic heterocycles. The van der Waals surface area contributed by atoms with E-state index in [-0.39, 0.29) is 11.8 Å². The fourth-order valence-corrected chi connectivity index (χ4v) is 3.94. The summed E-state index contributed by atoms with van der Waals surface area (Å²) >= 11 is 0. The van der Waals surface area contributed by atoms with Crippen molar-refractivity contribution in [2.45, 2.75) is 32.5 Å². The second-order valence-corrected chi connectivity index (χ2v) is 8.62. The van der Waals surface area contributed by atoms with Crippen LogP contribution in [0.3, 0.4) is 0 Å². The molecule has 0 aliphatic carbocycles. The average molecular weight is 378 g/mol. The van der Waals surface area contributed by atoms with Crippen molar-refractivity contribution in [3.63, 3.8) is 0 Å². The Morgan fingerprint density at radius 1 is 1.35 bits per heavy atom. The number of sulfonamides is 1. The monoisotopic (exact) mass is 378 g/mol. The minimum absolute atomic E-state index is 0.104. The van der Waals surface area contributed by atoms with E-state index in [1.807, 2.05) is 29.1 Å². The number of hydrogen-bond donors (Lipinski definition) is 1. The van der Waals surface area contributed by atoms with E-state index in [9.17, 15) is 8.42 Å². The minimum Gasteiger partial charge on any atom is -0.497 e. The van der Waals surface area contributed by atoms with Gasteiger partial charge in [0, 0.05) is 32.4 Å². The van der Waals surface area contributed by atoms with Crippen LogP contribution in [0.1, 0.15) is 30.6 Å². The molecule has 1 atom stereocenters. The van der Waals surface area contributed by atoms with E-state index in [0.717, 1.165) is 31.1 Å². The average Bonchev–Trinajstić information content (AvgIpc) is 3.10. The van der Waals surface area contributed by atoms with Crippen molar-refractivity contribution >= 4 is 10.0 Å². The van der Waals surface area contributed by atoms with Gasteiger partial charge < -0.3 is 4.74 Å². The summed E-state index contributed by atoms with van der Waals surface area (Å²) in [6.07, 6.45) is 2.52. The number of fused-ring (bicyclic) bond motifs is 1. The summed E-state index contributed by atoms with van der Waals surface area (Å²) in [5, 5.41) is 4.44. The molecule has 0 radical (unpaired) electrons. The SMILES string of the molecule is CCS(=O)(=O)NCC[C@@H]1CN(Cc2cccc(OC)c2)Cc2ccnn21. The van der Waals surface area contributed by atoms with Gasteiger partial charge in [0.2, 0.25) is 10.0 Å². The zero-order valence-corrected chi connectivity index (χ0v) is 16.1. The fourth-order valence-electron chi connectivity index (χ4n) is 3.31. The quantitative estimate of drug-likeness (QED) is 0.758. The lowest BCUT2D eigenvalue weighted by atomic mass is 10.1. The third kappa shape index (κ3) is 4.63. The Morgan fingerprint density at radius 2 is 2.19 bits per heavy atom. The maximum atomic E-state index is 11.6. The second kappa shape index (κ2) is 8.20. The number of rotatable bonds is 8. The van der Waals surface area contributed by atoms with E-state index >= 15 is 0 Å². The van der Waals surface area contributed by atoms with Crippen LogP contribution in [-0.4, -0.2) is 49.1 Å². The molecule has 7 nitrogen and oxygen atoms in total. The maximum absolute atomic E-state index is 11.6. The summed E-state index contributed by atoms with van der Waals surface area (Å²) in [7, 11) is -1.49. The molecule has 0 fully saturated rings. The van der Waals surface area contributed by atoms with E-state index in [1.165, 1.54) is 5.56 Å². The van der Waals surface area contributed by atoms with Crippen LogP contribution < -0.4 is 9.46 Å². The summed E-state index contributed by atoms with van der Waals surface area (Å²) in [5.74, 6) is 0.960. The highest BCUT2D eigenvalue weighted by Crippen LogP contribution is 2.25. The molecular formula is C18H26N4O3S. The molecule has 1 aliphatic heterocycles. The Hall–Kier alpha value is -1.90. The number of hydrogen-bond acceptors (Lipinski definition) is 5. The molecule has 2 heterocycles. The van der Waals surface area contributed by atoms with Gasteiger partial charge in [-0.3, -0.25) is 9.58 Å². The normalized spacial score (nSPS) is 17.8. The lowest BCUT2D eigenvalue weighted by Gasteiger charge is -2.34. The predicted octanol–water partition coefficient (Wildman–Crippen LogP) is 1.78. The van der Waals surface area contributed by atoms with Crippen molar-refractivity contribution in [2.24, 2.45) is 0 Å². The Morgan fingerprint density at radius 3 is 2.96 bits per heavy atom. The predicted molar refractivity (Wildman–Crippen MR) is 100 cm³/mol. The van der Waals surface area contributed by atoms with Gasteiger partial charge in [-0.25, -0.2) is 13.1 Å². The Kier molecular flexibility index (Phi) is 5.95. The molecule has 1 aliphatic rings. The van der Waals surface area contributed by atoms with Gasteiger partial charge in [0.05, 0.1) is 24.6 Å². The molecule has 1 aromatic carbocycles. The highest BCUT2D eigenvalue weighted by Gasteiger charge is 2.25. The van der Waals surface area contributed by atoms with Gasteiger partial charge in [-0.05, 0) is 37.1 Å². The number of nitrogens with zero attached hydrogens (tertiary/aromatic N) is 3. The molecule has 26 heavy (non-hydrogen) atoms. The fraction of sp³-hybridized carbons (Fsp3) is 0.500. The van der Waals surface area contributed by atoms with Crippen LogP contribution in [0.15, 0.2) is 36.5 Å². The number of benzene rings is 1. The van der Waals surface area contributed by atoms with E-state index in [0.29, 0.717) is 13.0 Å². The van der Waals surface area contributed by atoms with Crippen molar-refractivity contribution in [3.05, 3.63) is 47.8 Å². The summed E-state index contributed by atoms with van der Waals surface area (Å²) in [4.78, 5) is 2.37. The van der Waals surface area contributed by atoms with E-state index in [2.05, 4.69) is 26.9 Å². The van der Waals surface area contributed by atoms with E-state index in [1.54, 1.807) is 14.0 Å². The Labute approximate surface area is 155 Å². The topological polar surface area (TPSA) is 76.5 Å². The standard InChI is InChI=1S/C18H26N4O3S/c1-3-26(23,24)20-10-8-17-14-21(13-16-7-9-19-22(16)17)12-15-5-4-6-18(11-15)25-2/h4-7,9,11,17,20H,3,8,10,12-14H2,1-2H3/t17-/m1/s1. The number of ether oxygens (including phenoxy) is 1. The van der Waals surface area contributed by atoms with Gasteiger partial charge in [-0.2, -0.15) is 5.10 Å². The molecule has 0 saturated heterocycles. The molecule has 2 aromatic rings. The van der Waals surface area contributed by atoms with Crippen molar-refractivity contribution < 1.29 is 13.2 Å². The van der Waals surface area contributed by atoms with Crippen LogP contribution in [-0.2, 0) is 23.1 Å². The molecule has 3 rings (SSSR count). The first kappa shape index (κ1) is 18.9. The number of nitrogens with one attached hydrogen (secondary N) is 1.